The molecule has 2 aromatic rings. The molecule has 0 saturated carbocycles. The molecule has 1 aliphatic heterocycles. The van der Waals surface area contributed by atoms with Crippen LogP contribution >= 0.6 is 12.2 Å². The summed E-state index contributed by atoms with van der Waals surface area (Å²) in [5.41, 5.74) is 1.12. The first-order valence-electron chi connectivity index (χ1n) is 7.53. The van der Waals surface area contributed by atoms with Crippen LogP contribution in [0.1, 0.15) is 11.6 Å². The summed E-state index contributed by atoms with van der Waals surface area (Å²) in [5, 5.41) is 8.69. The predicted octanol–water partition coefficient (Wildman–Crippen LogP) is 3.25. The normalized spacial score (nSPS) is 19.8. The van der Waals surface area contributed by atoms with Crippen molar-refractivity contribution in [2.45, 2.75) is 6.04 Å². The molecule has 1 saturated heterocycles. The van der Waals surface area contributed by atoms with Crippen LogP contribution in [0.2, 0.25) is 0 Å². The van der Waals surface area contributed by atoms with E-state index in [-0.39, 0.29) is 11.5 Å². The number of carbonyl (C=O) groups excluding carboxylic acids is 1. The number of carbonyl (C=O) groups is 1. The summed E-state index contributed by atoms with van der Waals surface area (Å²) in [7, 11) is 0. The van der Waals surface area contributed by atoms with Crippen LogP contribution in [0.3, 0.4) is 0 Å². The van der Waals surface area contributed by atoms with Gasteiger partial charge in [0.15, 0.2) is 5.11 Å². The van der Waals surface area contributed by atoms with Crippen LogP contribution in [-0.2, 0) is 4.79 Å². The van der Waals surface area contributed by atoms with E-state index >= 15 is 0 Å². The van der Waals surface area contributed by atoms with Gasteiger partial charge >= 0.3 is 0 Å². The molecular formula is C18H15F2N3OS. The van der Waals surface area contributed by atoms with E-state index in [1.807, 2.05) is 0 Å². The topological polar surface area (TPSA) is 53.2 Å². The van der Waals surface area contributed by atoms with E-state index in [2.05, 4.69) is 22.5 Å². The number of nitrogens with one attached hydrogen (secondary N) is 3. The highest BCUT2D eigenvalue weighted by atomic mass is 32.1. The Labute approximate surface area is 148 Å². The number of amides is 1. The second kappa shape index (κ2) is 6.98. The molecule has 0 bridgehead atoms. The zero-order valence-electron chi connectivity index (χ0n) is 13.1. The molecule has 0 aliphatic carbocycles. The predicted molar refractivity (Wildman–Crippen MR) is 95.7 cm³/mol. The molecular weight excluding hydrogens is 344 g/mol. The maximum absolute atomic E-state index is 13.8. The Kier molecular flexibility index (Phi) is 4.76. The minimum Gasteiger partial charge on any atom is -0.354 e. The molecule has 0 unspecified atom stereocenters. The van der Waals surface area contributed by atoms with E-state index in [4.69, 9.17) is 12.2 Å². The SMILES string of the molecule is C=C1NC(=S)N[C@@H](c2ccc(F)cc2)[C@@H]1C(=O)Nc1ccccc1F. The number of hydrogen-bond donors (Lipinski definition) is 3. The Morgan fingerprint density at radius 3 is 2.48 bits per heavy atom. The summed E-state index contributed by atoms with van der Waals surface area (Å²) in [6.45, 7) is 3.86. The third-order valence-corrected chi connectivity index (χ3v) is 4.13. The fourth-order valence-electron chi connectivity index (χ4n) is 2.71. The van der Waals surface area contributed by atoms with Gasteiger partial charge < -0.3 is 16.0 Å². The lowest BCUT2D eigenvalue weighted by Crippen LogP contribution is -2.51. The van der Waals surface area contributed by atoms with Crippen molar-refractivity contribution < 1.29 is 13.6 Å². The Balaban J connectivity index is 1.90. The summed E-state index contributed by atoms with van der Waals surface area (Å²) < 4.78 is 27.0. The summed E-state index contributed by atoms with van der Waals surface area (Å²) in [5.74, 6) is -2.14. The van der Waals surface area contributed by atoms with Gasteiger partial charge in [-0.25, -0.2) is 8.78 Å². The number of thiocarbonyl (C=S) groups is 1. The van der Waals surface area contributed by atoms with Crippen LogP contribution in [0.4, 0.5) is 14.5 Å². The van der Waals surface area contributed by atoms with Crippen molar-refractivity contribution in [3.63, 3.8) is 0 Å². The van der Waals surface area contributed by atoms with Crippen LogP contribution in [-0.4, -0.2) is 11.0 Å². The molecule has 1 amide bonds. The second-order valence-electron chi connectivity index (χ2n) is 5.60. The Bertz CT molecular complexity index is 838. The minimum absolute atomic E-state index is 0.0753. The zero-order valence-corrected chi connectivity index (χ0v) is 13.9. The molecule has 4 nitrogen and oxygen atoms in total. The fraction of sp³-hybridized carbons (Fsp3) is 0.111. The van der Waals surface area contributed by atoms with Gasteiger partial charge in [0, 0.05) is 5.70 Å². The maximum Gasteiger partial charge on any atom is 0.235 e. The molecule has 7 heteroatoms. The van der Waals surface area contributed by atoms with E-state index in [9.17, 15) is 13.6 Å². The smallest absolute Gasteiger partial charge is 0.235 e. The third-order valence-electron chi connectivity index (χ3n) is 3.91. The molecule has 0 aromatic heterocycles. The van der Waals surface area contributed by atoms with E-state index < -0.39 is 23.7 Å². The molecule has 3 rings (SSSR count). The van der Waals surface area contributed by atoms with Gasteiger partial charge in [0.05, 0.1) is 11.7 Å². The molecule has 2 aromatic carbocycles. The van der Waals surface area contributed by atoms with Crippen molar-refractivity contribution in [2.75, 3.05) is 5.32 Å². The molecule has 2 atom stereocenters. The first-order valence-corrected chi connectivity index (χ1v) is 7.93. The average Bonchev–Trinajstić information content (AvgIpc) is 2.57. The molecule has 1 aliphatic rings. The van der Waals surface area contributed by atoms with Gasteiger partial charge in [0.1, 0.15) is 17.6 Å². The minimum atomic E-state index is -0.767. The van der Waals surface area contributed by atoms with Gasteiger partial charge in [-0.05, 0) is 42.0 Å². The third kappa shape index (κ3) is 3.66. The second-order valence-corrected chi connectivity index (χ2v) is 6.01. The summed E-state index contributed by atoms with van der Waals surface area (Å²) in [6, 6.07) is 11.1. The van der Waals surface area contributed by atoms with E-state index in [1.165, 1.54) is 30.3 Å². The van der Waals surface area contributed by atoms with Crippen molar-refractivity contribution in [3.05, 3.63) is 78.0 Å². The van der Waals surface area contributed by atoms with Gasteiger partial charge in [-0.2, -0.15) is 0 Å². The van der Waals surface area contributed by atoms with Crippen molar-refractivity contribution >= 4 is 28.9 Å². The highest BCUT2D eigenvalue weighted by Gasteiger charge is 2.36. The van der Waals surface area contributed by atoms with Gasteiger partial charge in [0.2, 0.25) is 5.91 Å². The zero-order chi connectivity index (χ0) is 18.0. The lowest BCUT2D eigenvalue weighted by atomic mass is 9.88. The first kappa shape index (κ1) is 17.0. The highest BCUT2D eigenvalue weighted by molar-refractivity contribution is 7.80. The van der Waals surface area contributed by atoms with Crippen LogP contribution in [0.5, 0.6) is 0 Å². The Morgan fingerprint density at radius 1 is 1.12 bits per heavy atom. The van der Waals surface area contributed by atoms with E-state index in [1.54, 1.807) is 18.2 Å². The number of halogens is 2. The lowest BCUT2D eigenvalue weighted by molar-refractivity contribution is -0.119. The van der Waals surface area contributed by atoms with Crippen molar-refractivity contribution in [2.24, 2.45) is 5.92 Å². The molecule has 1 fully saturated rings. The monoisotopic (exact) mass is 359 g/mol. The Morgan fingerprint density at radius 2 is 1.80 bits per heavy atom. The number of hydrogen-bond acceptors (Lipinski definition) is 2. The van der Waals surface area contributed by atoms with Gasteiger partial charge in [-0.3, -0.25) is 4.79 Å². The van der Waals surface area contributed by atoms with Crippen molar-refractivity contribution in [1.29, 1.82) is 0 Å². The Hall–Kier alpha value is -2.80. The molecule has 3 N–H and O–H groups in total. The number of para-hydroxylation sites is 1. The van der Waals surface area contributed by atoms with Crippen LogP contribution in [0, 0.1) is 17.6 Å². The number of benzene rings is 2. The molecule has 0 radical (unpaired) electrons. The summed E-state index contributed by atoms with van der Waals surface area (Å²) in [4.78, 5) is 12.8. The average molecular weight is 359 g/mol. The number of anilines is 1. The standard InChI is InChI=1S/C18H15F2N3OS/c1-10-15(17(24)22-14-5-3-2-4-13(14)20)16(23-18(25)21-10)11-6-8-12(19)9-7-11/h2-9,15-16H,1H2,(H,22,24)(H2,21,23,25)/t15-,16+/m1/s1. The van der Waals surface area contributed by atoms with Crippen molar-refractivity contribution in [3.8, 4) is 0 Å². The maximum atomic E-state index is 13.8. The van der Waals surface area contributed by atoms with Crippen molar-refractivity contribution in [1.82, 2.24) is 10.6 Å². The lowest BCUT2D eigenvalue weighted by Gasteiger charge is -2.35. The molecule has 128 valence electrons. The first-order chi connectivity index (χ1) is 12.0. The molecule has 1 heterocycles. The van der Waals surface area contributed by atoms with E-state index in [0.717, 1.165) is 0 Å². The summed E-state index contributed by atoms with van der Waals surface area (Å²) >= 11 is 5.13. The molecule has 25 heavy (non-hydrogen) atoms. The van der Waals surface area contributed by atoms with Gasteiger partial charge in [-0.15, -0.1) is 0 Å². The summed E-state index contributed by atoms with van der Waals surface area (Å²) in [6.07, 6.45) is 0. The quantitative estimate of drug-likeness (QED) is 0.737. The van der Waals surface area contributed by atoms with E-state index in [0.29, 0.717) is 16.4 Å². The largest absolute Gasteiger partial charge is 0.354 e. The molecule has 0 spiro atoms. The number of rotatable bonds is 3. The highest BCUT2D eigenvalue weighted by Crippen LogP contribution is 2.31. The fourth-order valence-corrected chi connectivity index (χ4v) is 2.97. The van der Waals surface area contributed by atoms with Crippen LogP contribution < -0.4 is 16.0 Å². The van der Waals surface area contributed by atoms with Gasteiger partial charge in [-0.1, -0.05) is 30.8 Å². The van der Waals surface area contributed by atoms with Gasteiger partial charge in [0.25, 0.3) is 0 Å². The van der Waals surface area contributed by atoms with Crippen LogP contribution in [0.15, 0.2) is 60.8 Å². The van der Waals surface area contributed by atoms with Crippen LogP contribution in [0.25, 0.3) is 0 Å².